The van der Waals surface area contributed by atoms with Crippen LogP contribution >= 0.6 is 0 Å². The first-order valence-electron chi connectivity index (χ1n) is 6.08. The summed E-state index contributed by atoms with van der Waals surface area (Å²) < 4.78 is 0. The molecule has 4 aliphatic rings. The van der Waals surface area contributed by atoms with E-state index in [-0.39, 0.29) is 0 Å². The third-order valence-electron chi connectivity index (χ3n) is 4.77. The highest BCUT2D eigenvalue weighted by Gasteiger charge is 2.51. The van der Waals surface area contributed by atoms with Gasteiger partial charge in [-0.2, -0.15) is 0 Å². The average Bonchev–Trinajstić information content (AvgIpc) is 2.10. The van der Waals surface area contributed by atoms with Crippen molar-refractivity contribution < 1.29 is 10.2 Å². The lowest BCUT2D eigenvalue weighted by atomic mass is 9.57. The Morgan fingerprint density at radius 2 is 1.79 bits per heavy atom. The van der Waals surface area contributed by atoms with Crippen LogP contribution in [0.5, 0.6) is 0 Å². The Balaban J connectivity index is 1.94. The van der Waals surface area contributed by atoms with E-state index in [0.717, 1.165) is 19.3 Å². The van der Waals surface area contributed by atoms with E-state index in [0.29, 0.717) is 17.8 Å². The minimum absolute atomic E-state index is 0.389. The third-order valence-corrected chi connectivity index (χ3v) is 4.77. The van der Waals surface area contributed by atoms with Crippen LogP contribution in [0, 0.1) is 17.8 Å². The summed E-state index contributed by atoms with van der Waals surface area (Å²) in [6.07, 6.45) is 7.45. The molecule has 4 saturated carbocycles. The van der Waals surface area contributed by atoms with Crippen LogP contribution in [-0.4, -0.2) is 21.9 Å². The monoisotopic (exact) mass is 196 g/mol. The van der Waals surface area contributed by atoms with Crippen LogP contribution in [0.3, 0.4) is 0 Å². The zero-order valence-corrected chi connectivity index (χ0v) is 8.65. The van der Waals surface area contributed by atoms with Crippen LogP contribution in [0.4, 0.5) is 0 Å². The summed E-state index contributed by atoms with van der Waals surface area (Å²) in [5, 5.41) is 20.6. The molecule has 0 aromatic rings. The maximum Gasteiger partial charge on any atom is 0.0913 e. The fourth-order valence-corrected chi connectivity index (χ4v) is 4.30. The molecule has 5 atom stereocenters. The second-order valence-electron chi connectivity index (χ2n) is 5.85. The number of rotatable bonds is 0. The van der Waals surface area contributed by atoms with Crippen LogP contribution in [0.2, 0.25) is 0 Å². The Hall–Kier alpha value is -0.0800. The second-order valence-corrected chi connectivity index (χ2v) is 5.85. The summed E-state index contributed by atoms with van der Waals surface area (Å²) in [5.41, 5.74) is -0.711. The lowest BCUT2D eigenvalue weighted by Crippen LogP contribution is -2.56. The number of aliphatic hydroxyl groups excluding tert-OH is 1. The van der Waals surface area contributed by atoms with E-state index in [4.69, 9.17) is 0 Å². The van der Waals surface area contributed by atoms with Crippen molar-refractivity contribution in [2.75, 3.05) is 0 Å². The highest BCUT2D eigenvalue weighted by atomic mass is 16.3. The van der Waals surface area contributed by atoms with E-state index < -0.39 is 11.7 Å². The number of hydrogen-bond acceptors (Lipinski definition) is 2. The highest BCUT2D eigenvalue weighted by molar-refractivity contribution is 5.03. The Bertz CT molecular complexity index is 240. The van der Waals surface area contributed by atoms with E-state index in [1.807, 2.05) is 0 Å². The van der Waals surface area contributed by atoms with E-state index >= 15 is 0 Å². The predicted octanol–water partition coefficient (Wildman–Crippen LogP) is 1.70. The average molecular weight is 196 g/mol. The molecular formula is C12H20O2. The van der Waals surface area contributed by atoms with Gasteiger partial charge in [0, 0.05) is 0 Å². The van der Waals surface area contributed by atoms with Crippen molar-refractivity contribution in [2.24, 2.45) is 17.8 Å². The van der Waals surface area contributed by atoms with E-state index in [1.54, 1.807) is 0 Å². The molecule has 4 bridgehead atoms. The minimum atomic E-state index is -0.711. The topological polar surface area (TPSA) is 40.5 Å². The minimum Gasteiger partial charge on any atom is -0.390 e. The van der Waals surface area contributed by atoms with Gasteiger partial charge in [0.25, 0.3) is 0 Å². The second kappa shape index (κ2) is 2.96. The van der Waals surface area contributed by atoms with Crippen molar-refractivity contribution in [1.29, 1.82) is 0 Å². The lowest BCUT2D eigenvalue weighted by Gasteiger charge is -2.53. The largest absolute Gasteiger partial charge is 0.390 e. The molecule has 0 aromatic heterocycles. The van der Waals surface area contributed by atoms with Crippen LogP contribution in [0.15, 0.2) is 0 Å². The van der Waals surface area contributed by atoms with Crippen molar-refractivity contribution in [3.63, 3.8) is 0 Å². The van der Waals surface area contributed by atoms with Crippen molar-refractivity contribution in [3.8, 4) is 0 Å². The molecular weight excluding hydrogens is 176 g/mol. The summed E-state index contributed by atoms with van der Waals surface area (Å²) in [5.74, 6) is 1.78. The van der Waals surface area contributed by atoms with Crippen molar-refractivity contribution in [2.45, 2.75) is 56.7 Å². The Kier molecular flexibility index (Phi) is 1.94. The van der Waals surface area contributed by atoms with Gasteiger partial charge in [0.05, 0.1) is 11.7 Å². The number of aliphatic hydroxyl groups is 2. The molecule has 0 saturated heterocycles. The van der Waals surface area contributed by atoms with Gasteiger partial charge in [-0.1, -0.05) is 12.8 Å². The molecule has 0 aliphatic heterocycles. The van der Waals surface area contributed by atoms with Gasteiger partial charge in [0.1, 0.15) is 0 Å². The van der Waals surface area contributed by atoms with Gasteiger partial charge in [-0.25, -0.2) is 0 Å². The van der Waals surface area contributed by atoms with Crippen molar-refractivity contribution in [3.05, 3.63) is 0 Å². The maximum atomic E-state index is 10.4. The van der Waals surface area contributed by atoms with Gasteiger partial charge in [-0.05, 0) is 49.9 Å². The first-order chi connectivity index (χ1) is 6.67. The molecule has 80 valence electrons. The molecule has 2 N–H and O–H groups in total. The molecule has 0 aromatic carbocycles. The summed E-state index contributed by atoms with van der Waals surface area (Å²) in [6.45, 7) is 0. The summed E-state index contributed by atoms with van der Waals surface area (Å²) in [7, 11) is 0. The van der Waals surface area contributed by atoms with Gasteiger partial charge in [0.15, 0.2) is 0 Å². The number of fused-ring (bicyclic) bond motifs is 2. The summed E-state index contributed by atoms with van der Waals surface area (Å²) in [6, 6.07) is 0. The molecule has 5 unspecified atom stereocenters. The molecule has 0 heterocycles. The molecule has 2 heteroatoms. The zero-order valence-electron chi connectivity index (χ0n) is 8.65. The first kappa shape index (κ1) is 9.17. The Labute approximate surface area is 85.3 Å². The van der Waals surface area contributed by atoms with Crippen LogP contribution in [0.25, 0.3) is 0 Å². The molecule has 2 nitrogen and oxygen atoms in total. The van der Waals surface area contributed by atoms with Gasteiger partial charge >= 0.3 is 0 Å². The lowest BCUT2D eigenvalue weighted by molar-refractivity contribution is -0.179. The standard InChI is InChI=1S/C12H20O2/c13-11-10-3-1-2-8-4-9(5-10)7-12(11,14)6-8/h8-11,13-14H,1-7H2. The van der Waals surface area contributed by atoms with Crippen LogP contribution in [-0.2, 0) is 0 Å². The molecule has 4 rings (SSSR count). The normalized spacial score (nSPS) is 57.0. The van der Waals surface area contributed by atoms with Crippen molar-refractivity contribution in [1.82, 2.24) is 0 Å². The Morgan fingerprint density at radius 1 is 1.00 bits per heavy atom. The SMILES string of the molecule is OC1C2CCCC3CC(C2)CC1(O)C3. The van der Waals surface area contributed by atoms with Gasteiger partial charge in [-0.15, -0.1) is 0 Å². The summed E-state index contributed by atoms with van der Waals surface area (Å²) >= 11 is 0. The van der Waals surface area contributed by atoms with E-state index in [1.165, 1.54) is 25.7 Å². The molecule has 0 amide bonds. The van der Waals surface area contributed by atoms with Crippen LogP contribution < -0.4 is 0 Å². The highest BCUT2D eigenvalue weighted by Crippen LogP contribution is 2.51. The molecule has 0 spiro atoms. The maximum absolute atomic E-state index is 10.4. The van der Waals surface area contributed by atoms with Crippen LogP contribution in [0.1, 0.15) is 44.9 Å². The van der Waals surface area contributed by atoms with Gasteiger partial charge in [-0.3, -0.25) is 0 Å². The molecule has 14 heavy (non-hydrogen) atoms. The van der Waals surface area contributed by atoms with E-state index in [2.05, 4.69) is 0 Å². The zero-order chi connectivity index (χ0) is 9.76. The van der Waals surface area contributed by atoms with E-state index in [9.17, 15) is 10.2 Å². The molecule has 4 aliphatic carbocycles. The summed E-state index contributed by atoms with van der Waals surface area (Å²) in [4.78, 5) is 0. The van der Waals surface area contributed by atoms with Gasteiger partial charge in [0.2, 0.25) is 0 Å². The fourth-order valence-electron chi connectivity index (χ4n) is 4.30. The fraction of sp³-hybridized carbons (Fsp3) is 1.00. The smallest absolute Gasteiger partial charge is 0.0913 e. The predicted molar refractivity (Wildman–Crippen MR) is 53.7 cm³/mol. The van der Waals surface area contributed by atoms with Crippen molar-refractivity contribution >= 4 is 0 Å². The first-order valence-corrected chi connectivity index (χ1v) is 6.08. The van der Waals surface area contributed by atoms with Gasteiger partial charge < -0.3 is 10.2 Å². The third kappa shape index (κ3) is 1.24. The molecule has 0 radical (unpaired) electrons. The Morgan fingerprint density at radius 3 is 2.64 bits per heavy atom. The number of hydrogen-bond donors (Lipinski definition) is 2. The quantitative estimate of drug-likeness (QED) is 0.619. The molecule has 4 fully saturated rings.